The van der Waals surface area contributed by atoms with Gasteiger partial charge in [0.05, 0.1) is 18.6 Å². The second-order valence-corrected chi connectivity index (χ2v) is 4.63. The summed E-state index contributed by atoms with van der Waals surface area (Å²) in [6, 6.07) is 14.3. The number of hydrogen-bond acceptors (Lipinski definition) is 2. The zero-order chi connectivity index (χ0) is 13.5. The van der Waals surface area contributed by atoms with Crippen molar-refractivity contribution in [2.24, 2.45) is 0 Å². The highest BCUT2D eigenvalue weighted by Crippen LogP contribution is 2.29. The van der Waals surface area contributed by atoms with Crippen molar-refractivity contribution in [1.82, 2.24) is 0 Å². The van der Waals surface area contributed by atoms with Crippen LogP contribution in [-0.2, 0) is 5.88 Å². The molecule has 0 saturated heterocycles. The van der Waals surface area contributed by atoms with Gasteiger partial charge in [-0.1, -0.05) is 30.3 Å². The second-order valence-electron chi connectivity index (χ2n) is 4.36. The fourth-order valence-corrected chi connectivity index (χ4v) is 2.35. The van der Waals surface area contributed by atoms with Gasteiger partial charge in [-0.25, -0.2) is 0 Å². The Hall–Kier alpha value is -1.72. The molecule has 0 saturated carbocycles. The molecule has 0 aliphatic carbocycles. The minimum Gasteiger partial charge on any atom is -0.493 e. The second kappa shape index (κ2) is 7.01. The highest BCUT2D eigenvalue weighted by Gasteiger charge is 2.07. The molecule has 98 valence electrons. The number of unbranched alkanes of at least 4 members (excludes halogenated alkanes) is 2. The van der Waals surface area contributed by atoms with E-state index in [1.165, 1.54) is 5.39 Å². The molecule has 0 amide bonds. The third kappa shape index (κ3) is 3.39. The maximum atomic E-state index is 8.47. The molecule has 0 bridgehead atoms. The fourth-order valence-electron chi connectivity index (χ4n) is 2.08. The van der Waals surface area contributed by atoms with Crippen LogP contribution in [0.4, 0.5) is 0 Å². The maximum absolute atomic E-state index is 8.47. The molecule has 2 aromatic carbocycles. The molecule has 3 heteroatoms. The lowest BCUT2D eigenvalue weighted by Gasteiger charge is -2.12. The van der Waals surface area contributed by atoms with Crippen LogP contribution >= 0.6 is 11.6 Å². The third-order valence-electron chi connectivity index (χ3n) is 3.07. The molecule has 2 aromatic rings. The molecule has 0 N–H and O–H groups in total. The van der Waals surface area contributed by atoms with E-state index in [0.717, 1.165) is 29.5 Å². The van der Waals surface area contributed by atoms with Gasteiger partial charge in [0.2, 0.25) is 0 Å². The molecule has 0 aliphatic heterocycles. The molecule has 0 unspecified atom stereocenters. The molecule has 0 heterocycles. The van der Waals surface area contributed by atoms with E-state index in [-0.39, 0.29) is 0 Å². The van der Waals surface area contributed by atoms with E-state index in [2.05, 4.69) is 24.3 Å². The minimum absolute atomic E-state index is 0.439. The molecule has 0 aromatic heterocycles. The first kappa shape index (κ1) is 13.7. The van der Waals surface area contributed by atoms with E-state index in [0.29, 0.717) is 18.9 Å². The number of alkyl halides is 1. The quantitative estimate of drug-likeness (QED) is 0.567. The number of fused-ring (bicyclic) bond motifs is 1. The monoisotopic (exact) mass is 273 g/mol. The highest BCUT2D eigenvalue weighted by atomic mass is 35.5. The number of ether oxygens (including phenoxy) is 1. The Morgan fingerprint density at radius 1 is 1.11 bits per heavy atom. The smallest absolute Gasteiger partial charge is 0.124 e. The SMILES string of the molecule is N#CCCCCOc1ccc2ccccc2c1CCl. The Morgan fingerprint density at radius 3 is 2.74 bits per heavy atom. The van der Waals surface area contributed by atoms with Crippen LogP contribution < -0.4 is 4.74 Å². The number of rotatable bonds is 6. The number of nitriles is 1. The third-order valence-corrected chi connectivity index (χ3v) is 3.34. The van der Waals surface area contributed by atoms with Crippen molar-refractivity contribution in [2.45, 2.75) is 25.1 Å². The van der Waals surface area contributed by atoms with Crippen molar-refractivity contribution < 1.29 is 4.74 Å². The first-order valence-corrected chi connectivity index (χ1v) is 6.96. The van der Waals surface area contributed by atoms with Crippen LogP contribution in [0.1, 0.15) is 24.8 Å². The van der Waals surface area contributed by atoms with E-state index in [4.69, 9.17) is 21.6 Å². The van der Waals surface area contributed by atoms with E-state index in [1.54, 1.807) is 0 Å². The Kier molecular flexibility index (Phi) is 5.06. The predicted molar refractivity (Wildman–Crippen MR) is 78.5 cm³/mol. The largest absolute Gasteiger partial charge is 0.493 e. The van der Waals surface area contributed by atoms with Crippen molar-refractivity contribution in [3.8, 4) is 11.8 Å². The van der Waals surface area contributed by atoms with Crippen LogP contribution in [0.25, 0.3) is 10.8 Å². The van der Waals surface area contributed by atoms with Gasteiger partial charge in [0.1, 0.15) is 5.75 Å². The van der Waals surface area contributed by atoms with Gasteiger partial charge in [0, 0.05) is 12.0 Å². The minimum atomic E-state index is 0.439. The summed E-state index contributed by atoms with van der Waals surface area (Å²) in [4.78, 5) is 0. The van der Waals surface area contributed by atoms with Gasteiger partial charge in [0.15, 0.2) is 0 Å². The lowest BCUT2D eigenvalue weighted by atomic mass is 10.0. The van der Waals surface area contributed by atoms with E-state index < -0.39 is 0 Å². The van der Waals surface area contributed by atoms with Gasteiger partial charge in [-0.3, -0.25) is 0 Å². The van der Waals surface area contributed by atoms with Gasteiger partial charge in [-0.15, -0.1) is 11.6 Å². The Morgan fingerprint density at radius 2 is 1.95 bits per heavy atom. The summed E-state index contributed by atoms with van der Waals surface area (Å²) >= 11 is 6.05. The molecule has 2 nitrogen and oxygen atoms in total. The van der Waals surface area contributed by atoms with Crippen molar-refractivity contribution in [1.29, 1.82) is 5.26 Å². The molecular weight excluding hydrogens is 258 g/mol. The Bertz CT molecular complexity index is 589. The molecular formula is C16H16ClNO. The molecule has 19 heavy (non-hydrogen) atoms. The summed E-state index contributed by atoms with van der Waals surface area (Å²) in [5.41, 5.74) is 1.04. The fraction of sp³-hybridized carbons (Fsp3) is 0.312. The highest BCUT2D eigenvalue weighted by molar-refractivity contribution is 6.18. The van der Waals surface area contributed by atoms with Crippen LogP contribution in [0.15, 0.2) is 36.4 Å². The first-order valence-electron chi connectivity index (χ1n) is 6.43. The lowest BCUT2D eigenvalue weighted by molar-refractivity contribution is 0.306. The van der Waals surface area contributed by atoms with Crippen LogP contribution in [0, 0.1) is 11.3 Å². The van der Waals surface area contributed by atoms with Crippen molar-refractivity contribution >= 4 is 22.4 Å². The van der Waals surface area contributed by atoms with Crippen molar-refractivity contribution in [3.63, 3.8) is 0 Å². The zero-order valence-corrected chi connectivity index (χ0v) is 11.5. The molecule has 0 aliphatic rings. The van der Waals surface area contributed by atoms with Gasteiger partial charge in [0.25, 0.3) is 0 Å². The zero-order valence-electron chi connectivity index (χ0n) is 10.7. The Labute approximate surface area is 118 Å². The number of halogens is 1. The van der Waals surface area contributed by atoms with E-state index in [9.17, 15) is 0 Å². The van der Waals surface area contributed by atoms with Gasteiger partial charge in [-0.2, -0.15) is 5.26 Å². The van der Waals surface area contributed by atoms with Gasteiger partial charge in [-0.05, 0) is 29.7 Å². The molecule has 0 atom stereocenters. The van der Waals surface area contributed by atoms with Crippen LogP contribution in [-0.4, -0.2) is 6.61 Å². The first-order chi connectivity index (χ1) is 9.36. The average molecular weight is 274 g/mol. The predicted octanol–water partition coefficient (Wildman–Crippen LogP) is 4.65. The maximum Gasteiger partial charge on any atom is 0.124 e. The van der Waals surface area contributed by atoms with E-state index >= 15 is 0 Å². The molecule has 0 radical (unpaired) electrons. The summed E-state index contributed by atoms with van der Waals surface area (Å²) in [7, 11) is 0. The average Bonchev–Trinajstić information content (AvgIpc) is 2.46. The standard InChI is InChI=1S/C16H16ClNO/c17-12-15-14-7-3-2-6-13(14)8-9-16(15)19-11-5-1-4-10-18/h2-3,6-9H,1,4-5,11-12H2. The number of hydrogen-bond donors (Lipinski definition) is 0. The molecule has 0 fully saturated rings. The van der Waals surface area contributed by atoms with Gasteiger partial charge < -0.3 is 4.74 Å². The summed E-state index contributed by atoms with van der Waals surface area (Å²) < 4.78 is 5.79. The summed E-state index contributed by atoms with van der Waals surface area (Å²) in [6.45, 7) is 0.629. The van der Waals surface area contributed by atoms with Crippen LogP contribution in [0.3, 0.4) is 0 Å². The van der Waals surface area contributed by atoms with Crippen molar-refractivity contribution in [2.75, 3.05) is 6.61 Å². The summed E-state index contributed by atoms with van der Waals surface area (Å²) in [6.07, 6.45) is 2.35. The van der Waals surface area contributed by atoms with E-state index in [1.807, 2.05) is 18.2 Å². The number of nitrogens with zero attached hydrogens (tertiary/aromatic N) is 1. The van der Waals surface area contributed by atoms with Gasteiger partial charge >= 0.3 is 0 Å². The topological polar surface area (TPSA) is 33.0 Å². The normalized spacial score (nSPS) is 10.3. The lowest BCUT2D eigenvalue weighted by Crippen LogP contribution is -2.00. The van der Waals surface area contributed by atoms with Crippen LogP contribution in [0.2, 0.25) is 0 Å². The summed E-state index contributed by atoms with van der Waals surface area (Å²) in [5.74, 6) is 1.29. The number of benzene rings is 2. The van der Waals surface area contributed by atoms with Crippen LogP contribution in [0.5, 0.6) is 5.75 Å². The molecule has 2 rings (SSSR count). The van der Waals surface area contributed by atoms with Crippen molar-refractivity contribution in [3.05, 3.63) is 42.0 Å². The summed E-state index contributed by atoms with van der Waals surface area (Å²) in [5, 5.41) is 10.8. The molecule has 0 spiro atoms. The Balaban J connectivity index is 2.12.